The molecule has 0 heterocycles. The van der Waals surface area contributed by atoms with Crippen LogP contribution in [-0.4, -0.2) is 24.4 Å². The molecule has 1 aromatic rings. The van der Waals surface area contributed by atoms with Crippen LogP contribution < -0.4 is 10.6 Å². The summed E-state index contributed by atoms with van der Waals surface area (Å²) in [4.78, 5) is 23.5. The van der Waals surface area contributed by atoms with Crippen molar-refractivity contribution in [3.8, 4) is 0 Å². The molecule has 0 fully saturated rings. The van der Waals surface area contributed by atoms with Gasteiger partial charge in [0, 0.05) is 6.54 Å². The monoisotopic (exact) mass is 274 g/mol. The van der Waals surface area contributed by atoms with Crippen LogP contribution >= 0.6 is 0 Å². The molecule has 4 heteroatoms. The number of nitrogens with one attached hydrogen (secondary N) is 2. The summed E-state index contributed by atoms with van der Waals surface area (Å²) in [6, 6.07) is 5.77. The Balaban J connectivity index is 1.90. The van der Waals surface area contributed by atoms with Crippen LogP contribution in [0.2, 0.25) is 0 Å². The molecule has 1 atom stereocenters. The van der Waals surface area contributed by atoms with Crippen molar-refractivity contribution < 1.29 is 9.59 Å². The van der Waals surface area contributed by atoms with Crippen LogP contribution in [0.4, 0.5) is 0 Å². The Morgan fingerprint density at radius 3 is 2.75 bits per heavy atom. The predicted molar refractivity (Wildman–Crippen MR) is 78.5 cm³/mol. The molecular formula is C16H22N2O2. The number of aryl methyl sites for hydroxylation is 2. The van der Waals surface area contributed by atoms with Crippen molar-refractivity contribution in [1.82, 2.24) is 10.6 Å². The minimum absolute atomic E-state index is 0.110. The van der Waals surface area contributed by atoms with Gasteiger partial charge < -0.3 is 10.6 Å². The summed E-state index contributed by atoms with van der Waals surface area (Å²) < 4.78 is 0. The van der Waals surface area contributed by atoms with Crippen molar-refractivity contribution >= 4 is 11.8 Å². The molecule has 1 aromatic carbocycles. The van der Waals surface area contributed by atoms with Crippen molar-refractivity contribution in [3.63, 3.8) is 0 Å². The molecular weight excluding hydrogens is 252 g/mol. The molecule has 0 unspecified atom stereocenters. The maximum absolute atomic E-state index is 11.9. The van der Waals surface area contributed by atoms with Gasteiger partial charge in [0.25, 0.3) is 0 Å². The fourth-order valence-electron chi connectivity index (χ4n) is 2.61. The molecule has 0 bridgehead atoms. The van der Waals surface area contributed by atoms with Crippen LogP contribution in [0.25, 0.3) is 0 Å². The molecule has 0 spiro atoms. The third-order valence-corrected chi connectivity index (χ3v) is 3.65. The number of fused-ring (bicyclic) bond motifs is 1. The van der Waals surface area contributed by atoms with Crippen LogP contribution in [0.1, 0.15) is 37.0 Å². The maximum Gasteiger partial charge on any atom is 0.242 e. The summed E-state index contributed by atoms with van der Waals surface area (Å²) in [5.41, 5.74) is 3.79. The summed E-state index contributed by atoms with van der Waals surface area (Å²) >= 11 is 0. The number of benzene rings is 1. The molecule has 2 rings (SSSR count). The zero-order chi connectivity index (χ0) is 14.5. The van der Waals surface area contributed by atoms with Gasteiger partial charge in [-0.25, -0.2) is 0 Å². The van der Waals surface area contributed by atoms with E-state index in [9.17, 15) is 9.59 Å². The molecule has 0 aromatic heterocycles. The minimum atomic E-state index is -0.489. The number of likely N-dealkylation sites (N-methyl/N-ethyl adjacent to an activating group) is 1. The Morgan fingerprint density at radius 1 is 1.25 bits per heavy atom. The molecule has 1 aliphatic rings. The van der Waals surface area contributed by atoms with E-state index >= 15 is 0 Å². The van der Waals surface area contributed by atoms with Gasteiger partial charge in [0.1, 0.15) is 6.04 Å². The van der Waals surface area contributed by atoms with Crippen molar-refractivity contribution in [2.24, 2.45) is 0 Å². The lowest BCUT2D eigenvalue weighted by atomic mass is 10.0. The van der Waals surface area contributed by atoms with Gasteiger partial charge in [-0.15, -0.1) is 0 Å². The van der Waals surface area contributed by atoms with E-state index in [1.54, 1.807) is 6.92 Å². The number of carbonyl (C=O) groups is 2. The molecule has 20 heavy (non-hydrogen) atoms. The fourth-order valence-corrected chi connectivity index (χ4v) is 2.61. The Bertz CT molecular complexity index is 511. The molecule has 1 aliphatic carbocycles. The van der Waals surface area contributed by atoms with E-state index in [0.29, 0.717) is 13.0 Å². The lowest BCUT2D eigenvalue weighted by Crippen LogP contribution is -2.45. The minimum Gasteiger partial charge on any atom is -0.355 e. The highest BCUT2D eigenvalue weighted by Crippen LogP contribution is 2.22. The third kappa shape index (κ3) is 3.59. The molecule has 0 aliphatic heterocycles. The first-order chi connectivity index (χ1) is 9.60. The van der Waals surface area contributed by atoms with Crippen LogP contribution in [-0.2, 0) is 28.9 Å². The topological polar surface area (TPSA) is 58.2 Å². The standard InChI is InChI=1S/C16H22N2O2/c1-3-17-16(20)11(2)18-15(19)10-12-7-8-13-5-4-6-14(13)9-12/h7-9,11H,3-6,10H2,1-2H3,(H,17,20)(H,18,19)/t11-/m0/s1. The van der Waals surface area contributed by atoms with Crippen molar-refractivity contribution in [2.75, 3.05) is 6.54 Å². The second kappa shape index (κ2) is 6.55. The van der Waals surface area contributed by atoms with Gasteiger partial charge in [0.2, 0.25) is 11.8 Å². The summed E-state index contributed by atoms with van der Waals surface area (Å²) in [5, 5.41) is 5.42. The normalized spacial score (nSPS) is 14.5. The average molecular weight is 274 g/mol. The Hall–Kier alpha value is -1.84. The van der Waals surface area contributed by atoms with E-state index in [0.717, 1.165) is 18.4 Å². The van der Waals surface area contributed by atoms with Crippen molar-refractivity contribution in [2.45, 2.75) is 45.6 Å². The highest BCUT2D eigenvalue weighted by molar-refractivity contribution is 5.88. The van der Waals surface area contributed by atoms with Crippen molar-refractivity contribution in [3.05, 3.63) is 34.9 Å². The van der Waals surface area contributed by atoms with E-state index in [2.05, 4.69) is 22.8 Å². The summed E-state index contributed by atoms with van der Waals surface area (Å²) in [5.74, 6) is -0.253. The zero-order valence-electron chi connectivity index (χ0n) is 12.2. The van der Waals surface area contributed by atoms with Gasteiger partial charge in [0.05, 0.1) is 6.42 Å². The van der Waals surface area contributed by atoms with Crippen LogP contribution in [0.15, 0.2) is 18.2 Å². The first-order valence-electron chi connectivity index (χ1n) is 7.28. The van der Waals surface area contributed by atoms with Gasteiger partial charge in [-0.1, -0.05) is 18.2 Å². The van der Waals surface area contributed by atoms with E-state index in [4.69, 9.17) is 0 Å². The van der Waals surface area contributed by atoms with Gasteiger partial charge >= 0.3 is 0 Å². The number of amides is 2. The molecule has 0 saturated heterocycles. The van der Waals surface area contributed by atoms with Crippen LogP contribution in [0, 0.1) is 0 Å². The SMILES string of the molecule is CCNC(=O)[C@H](C)NC(=O)Cc1ccc2c(c1)CCC2. The largest absolute Gasteiger partial charge is 0.355 e. The summed E-state index contributed by atoms with van der Waals surface area (Å²) in [6.07, 6.45) is 3.80. The van der Waals surface area contributed by atoms with E-state index in [1.165, 1.54) is 17.5 Å². The smallest absolute Gasteiger partial charge is 0.242 e. The van der Waals surface area contributed by atoms with E-state index in [-0.39, 0.29) is 11.8 Å². The summed E-state index contributed by atoms with van der Waals surface area (Å²) in [6.45, 7) is 4.13. The first-order valence-corrected chi connectivity index (χ1v) is 7.28. The first kappa shape index (κ1) is 14.6. The number of hydrogen-bond donors (Lipinski definition) is 2. The van der Waals surface area contributed by atoms with Crippen LogP contribution in [0.5, 0.6) is 0 Å². The Labute approximate surface area is 119 Å². The van der Waals surface area contributed by atoms with Crippen LogP contribution in [0.3, 0.4) is 0 Å². The molecule has 0 radical (unpaired) electrons. The van der Waals surface area contributed by atoms with Gasteiger partial charge in [0.15, 0.2) is 0 Å². The second-order valence-electron chi connectivity index (χ2n) is 5.32. The molecule has 2 amide bonds. The Kier molecular flexibility index (Phi) is 4.77. The molecule has 4 nitrogen and oxygen atoms in total. The predicted octanol–water partition coefficient (Wildman–Crippen LogP) is 1.36. The van der Waals surface area contributed by atoms with Gasteiger partial charge in [-0.3, -0.25) is 9.59 Å². The van der Waals surface area contributed by atoms with E-state index < -0.39 is 6.04 Å². The average Bonchev–Trinajstić information content (AvgIpc) is 2.86. The molecule has 108 valence electrons. The molecule has 2 N–H and O–H groups in total. The second-order valence-corrected chi connectivity index (χ2v) is 5.32. The fraction of sp³-hybridized carbons (Fsp3) is 0.500. The van der Waals surface area contributed by atoms with Gasteiger partial charge in [-0.2, -0.15) is 0 Å². The maximum atomic E-state index is 11.9. The lowest BCUT2D eigenvalue weighted by molar-refractivity contribution is -0.128. The summed E-state index contributed by atoms with van der Waals surface area (Å²) in [7, 11) is 0. The number of carbonyl (C=O) groups excluding carboxylic acids is 2. The number of hydrogen-bond acceptors (Lipinski definition) is 2. The van der Waals surface area contributed by atoms with E-state index in [1.807, 2.05) is 13.0 Å². The Morgan fingerprint density at radius 2 is 2.00 bits per heavy atom. The van der Waals surface area contributed by atoms with Crippen molar-refractivity contribution in [1.29, 1.82) is 0 Å². The quantitative estimate of drug-likeness (QED) is 0.851. The van der Waals surface area contributed by atoms with Gasteiger partial charge in [-0.05, 0) is 49.8 Å². The molecule has 0 saturated carbocycles. The highest BCUT2D eigenvalue weighted by atomic mass is 16.2. The number of rotatable bonds is 5. The highest BCUT2D eigenvalue weighted by Gasteiger charge is 2.16. The zero-order valence-corrected chi connectivity index (χ0v) is 12.2. The lowest BCUT2D eigenvalue weighted by Gasteiger charge is -2.13. The third-order valence-electron chi connectivity index (χ3n) is 3.65.